The zero-order chi connectivity index (χ0) is 19.4. The molecule has 5 nitrogen and oxygen atoms in total. The highest BCUT2D eigenvalue weighted by atomic mass is 16.5. The normalized spacial score (nSPS) is 15.8. The molecule has 0 saturated heterocycles. The van der Waals surface area contributed by atoms with Crippen LogP contribution in [0.15, 0.2) is 48.5 Å². The van der Waals surface area contributed by atoms with Crippen LogP contribution >= 0.6 is 0 Å². The maximum Gasteiger partial charge on any atom is 0.254 e. The van der Waals surface area contributed by atoms with Crippen LogP contribution < -0.4 is 15.0 Å². The molecule has 0 bridgehead atoms. The summed E-state index contributed by atoms with van der Waals surface area (Å²) in [6, 6.07) is 14.8. The third-order valence-electron chi connectivity index (χ3n) is 4.65. The molecule has 0 aromatic heterocycles. The van der Waals surface area contributed by atoms with E-state index in [1.54, 1.807) is 4.90 Å². The van der Waals surface area contributed by atoms with Crippen molar-refractivity contribution >= 4 is 17.5 Å². The molecule has 1 heterocycles. The van der Waals surface area contributed by atoms with E-state index in [2.05, 4.69) is 19.2 Å². The van der Waals surface area contributed by atoms with E-state index in [1.165, 1.54) is 6.92 Å². The SMILES string of the molecule is CC(=O)N[C@@H]1C(=O)N(Cc2ccccc2OCCC(C)C)c2ccccc21. The van der Waals surface area contributed by atoms with Crippen molar-refractivity contribution < 1.29 is 14.3 Å². The Hall–Kier alpha value is -2.82. The van der Waals surface area contributed by atoms with Gasteiger partial charge >= 0.3 is 0 Å². The highest BCUT2D eigenvalue weighted by molar-refractivity contribution is 6.06. The van der Waals surface area contributed by atoms with E-state index in [0.717, 1.165) is 29.0 Å². The van der Waals surface area contributed by atoms with Gasteiger partial charge in [-0.15, -0.1) is 0 Å². The Labute approximate surface area is 160 Å². The Morgan fingerprint density at radius 2 is 1.85 bits per heavy atom. The van der Waals surface area contributed by atoms with Gasteiger partial charge in [-0.05, 0) is 24.5 Å². The first-order valence-corrected chi connectivity index (χ1v) is 9.35. The number of carbonyl (C=O) groups excluding carboxylic acids is 2. The molecular formula is C22H26N2O3. The summed E-state index contributed by atoms with van der Waals surface area (Å²) in [5.41, 5.74) is 2.61. The van der Waals surface area contributed by atoms with Crippen molar-refractivity contribution in [1.29, 1.82) is 0 Å². The predicted octanol–water partition coefficient (Wildman–Crippen LogP) is 3.84. The van der Waals surface area contributed by atoms with Crippen LogP contribution in [0, 0.1) is 5.92 Å². The summed E-state index contributed by atoms with van der Waals surface area (Å²) in [5, 5.41) is 2.76. The number of nitrogens with zero attached hydrogens (tertiary/aromatic N) is 1. The Balaban J connectivity index is 1.83. The smallest absolute Gasteiger partial charge is 0.254 e. The number of rotatable bonds is 7. The minimum Gasteiger partial charge on any atom is -0.493 e. The molecule has 142 valence electrons. The standard InChI is InChI=1S/C22H26N2O3/c1-15(2)12-13-27-20-11-7-4-8-17(20)14-24-19-10-6-5-9-18(19)21(22(24)26)23-16(3)25/h4-11,15,21H,12-14H2,1-3H3,(H,23,25)/t21-/m0/s1. The lowest BCUT2D eigenvalue weighted by atomic mass is 10.1. The van der Waals surface area contributed by atoms with Crippen LogP contribution in [0.5, 0.6) is 5.75 Å². The highest BCUT2D eigenvalue weighted by Gasteiger charge is 2.37. The van der Waals surface area contributed by atoms with E-state index in [-0.39, 0.29) is 11.8 Å². The van der Waals surface area contributed by atoms with Gasteiger partial charge in [-0.2, -0.15) is 0 Å². The molecule has 0 spiro atoms. The van der Waals surface area contributed by atoms with Crippen molar-refractivity contribution in [2.24, 2.45) is 5.92 Å². The Bertz CT molecular complexity index is 832. The average Bonchev–Trinajstić information content (AvgIpc) is 2.88. The van der Waals surface area contributed by atoms with E-state index < -0.39 is 6.04 Å². The molecule has 3 rings (SSSR count). The number of hydrogen-bond acceptors (Lipinski definition) is 3. The molecule has 1 aliphatic heterocycles. The summed E-state index contributed by atoms with van der Waals surface area (Å²) < 4.78 is 5.97. The Morgan fingerprint density at radius 3 is 2.59 bits per heavy atom. The van der Waals surface area contributed by atoms with Crippen LogP contribution in [0.25, 0.3) is 0 Å². The van der Waals surface area contributed by atoms with Crippen molar-refractivity contribution in [3.8, 4) is 5.75 Å². The lowest BCUT2D eigenvalue weighted by molar-refractivity contribution is -0.126. The molecule has 27 heavy (non-hydrogen) atoms. The molecule has 0 unspecified atom stereocenters. The molecule has 2 amide bonds. The Morgan fingerprint density at radius 1 is 1.15 bits per heavy atom. The fraction of sp³-hybridized carbons (Fsp3) is 0.364. The van der Waals surface area contributed by atoms with Crippen molar-refractivity contribution in [2.75, 3.05) is 11.5 Å². The summed E-state index contributed by atoms with van der Waals surface area (Å²) >= 11 is 0. The molecule has 2 aromatic rings. The topological polar surface area (TPSA) is 58.6 Å². The van der Waals surface area contributed by atoms with Crippen LogP contribution in [0.1, 0.15) is 44.4 Å². The third kappa shape index (κ3) is 4.30. The van der Waals surface area contributed by atoms with Gasteiger partial charge < -0.3 is 15.0 Å². The van der Waals surface area contributed by atoms with E-state index in [0.29, 0.717) is 19.1 Å². The zero-order valence-corrected chi connectivity index (χ0v) is 16.1. The minimum atomic E-state index is -0.632. The van der Waals surface area contributed by atoms with Crippen molar-refractivity contribution in [1.82, 2.24) is 5.32 Å². The number of carbonyl (C=O) groups is 2. The van der Waals surface area contributed by atoms with Gasteiger partial charge in [-0.1, -0.05) is 50.2 Å². The lowest BCUT2D eigenvalue weighted by Crippen LogP contribution is -2.36. The van der Waals surface area contributed by atoms with Crippen LogP contribution in [-0.4, -0.2) is 18.4 Å². The molecule has 0 radical (unpaired) electrons. The van der Waals surface area contributed by atoms with Crippen molar-refractivity contribution in [2.45, 2.75) is 39.8 Å². The van der Waals surface area contributed by atoms with Crippen LogP contribution in [0.2, 0.25) is 0 Å². The van der Waals surface area contributed by atoms with E-state index >= 15 is 0 Å². The van der Waals surface area contributed by atoms with Gasteiger partial charge in [0.1, 0.15) is 11.8 Å². The predicted molar refractivity (Wildman–Crippen MR) is 106 cm³/mol. The monoisotopic (exact) mass is 366 g/mol. The second-order valence-electron chi connectivity index (χ2n) is 7.26. The summed E-state index contributed by atoms with van der Waals surface area (Å²) in [7, 11) is 0. The maximum atomic E-state index is 13.0. The second kappa shape index (κ2) is 8.25. The second-order valence-corrected chi connectivity index (χ2v) is 7.26. The Kier molecular flexibility index (Phi) is 5.79. The van der Waals surface area contributed by atoms with Crippen molar-refractivity contribution in [3.05, 3.63) is 59.7 Å². The number of ether oxygens (including phenoxy) is 1. The number of hydrogen-bond donors (Lipinski definition) is 1. The molecule has 2 aromatic carbocycles. The largest absolute Gasteiger partial charge is 0.493 e. The fourth-order valence-corrected chi connectivity index (χ4v) is 3.24. The number of nitrogens with one attached hydrogen (secondary N) is 1. The molecule has 0 fully saturated rings. The molecule has 0 aliphatic carbocycles. The number of amides is 2. The number of fused-ring (bicyclic) bond motifs is 1. The molecular weight excluding hydrogens is 340 g/mol. The first-order chi connectivity index (χ1) is 13.0. The quantitative estimate of drug-likeness (QED) is 0.810. The average molecular weight is 366 g/mol. The summed E-state index contributed by atoms with van der Waals surface area (Å²) in [6.45, 7) is 6.81. The summed E-state index contributed by atoms with van der Waals surface area (Å²) in [4.78, 5) is 26.3. The minimum absolute atomic E-state index is 0.122. The van der Waals surface area contributed by atoms with Gasteiger partial charge in [0.2, 0.25) is 5.91 Å². The van der Waals surface area contributed by atoms with Crippen molar-refractivity contribution in [3.63, 3.8) is 0 Å². The van der Waals surface area contributed by atoms with Gasteiger partial charge in [0, 0.05) is 23.7 Å². The molecule has 0 saturated carbocycles. The number of benzene rings is 2. The van der Waals surface area contributed by atoms with Gasteiger partial charge in [0.15, 0.2) is 0 Å². The lowest BCUT2D eigenvalue weighted by Gasteiger charge is -2.20. The highest BCUT2D eigenvalue weighted by Crippen LogP contribution is 2.37. The summed E-state index contributed by atoms with van der Waals surface area (Å²) in [6.07, 6.45) is 0.977. The van der Waals surface area contributed by atoms with Crippen LogP contribution in [0.3, 0.4) is 0 Å². The first kappa shape index (κ1) is 19.0. The van der Waals surface area contributed by atoms with Gasteiger partial charge in [0.25, 0.3) is 5.91 Å². The first-order valence-electron chi connectivity index (χ1n) is 9.35. The summed E-state index contributed by atoms with van der Waals surface area (Å²) in [5.74, 6) is 1.03. The fourth-order valence-electron chi connectivity index (χ4n) is 3.24. The van der Waals surface area contributed by atoms with E-state index in [9.17, 15) is 9.59 Å². The van der Waals surface area contributed by atoms with Crippen LogP contribution in [-0.2, 0) is 16.1 Å². The molecule has 1 aliphatic rings. The number of para-hydroxylation sites is 2. The molecule has 1 atom stereocenters. The van der Waals surface area contributed by atoms with E-state index in [1.807, 2.05) is 48.5 Å². The maximum absolute atomic E-state index is 13.0. The van der Waals surface area contributed by atoms with Crippen LogP contribution in [0.4, 0.5) is 5.69 Å². The van der Waals surface area contributed by atoms with Gasteiger partial charge in [-0.3, -0.25) is 9.59 Å². The zero-order valence-electron chi connectivity index (χ0n) is 16.1. The number of anilines is 1. The molecule has 5 heteroatoms. The van der Waals surface area contributed by atoms with Gasteiger partial charge in [0.05, 0.1) is 13.2 Å². The van der Waals surface area contributed by atoms with E-state index in [4.69, 9.17) is 4.74 Å². The molecule has 1 N–H and O–H groups in total. The van der Waals surface area contributed by atoms with Gasteiger partial charge in [-0.25, -0.2) is 0 Å². The third-order valence-corrected chi connectivity index (χ3v) is 4.65.